The van der Waals surface area contributed by atoms with Crippen molar-refractivity contribution in [3.63, 3.8) is 0 Å². The molecule has 2 heterocycles. The van der Waals surface area contributed by atoms with Crippen LogP contribution >= 0.6 is 0 Å². The van der Waals surface area contributed by atoms with E-state index in [1.54, 1.807) is 0 Å². The van der Waals surface area contributed by atoms with Crippen LogP contribution in [0.4, 0.5) is 0 Å². The SMILES string of the molecule is CN=C(NCc1nccn1CC(C)C)N1CCC2(CCCCC2)C1. The minimum atomic E-state index is 0.561. The monoisotopic (exact) mass is 331 g/mol. The quantitative estimate of drug-likeness (QED) is 0.680. The van der Waals surface area contributed by atoms with Crippen molar-refractivity contribution in [2.45, 2.75) is 65.5 Å². The number of hydrogen-bond donors (Lipinski definition) is 1. The molecule has 24 heavy (non-hydrogen) atoms. The van der Waals surface area contributed by atoms with Crippen molar-refractivity contribution in [1.82, 2.24) is 19.8 Å². The molecular weight excluding hydrogens is 298 g/mol. The zero-order valence-electron chi connectivity index (χ0n) is 15.6. The van der Waals surface area contributed by atoms with Crippen molar-refractivity contribution in [1.29, 1.82) is 0 Å². The Balaban J connectivity index is 1.57. The van der Waals surface area contributed by atoms with Gasteiger partial charge in [0.1, 0.15) is 5.82 Å². The number of likely N-dealkylation sites (tertiary alicyclic amines) is 1. The number of guanidine groups is 1. The van der Waals surface area contributed by atoms with E-state index in [0.717, 1.165) is 31.4 Å². The summed E-state index contributed by atoms with van der Waals surface area (Å²) >= 11 is 0. The molecule has 5 nitrogen and oxygen atoms in total. The Morgan fingerprint density at radius 1 is 1.29 bits per heavy atom. The molecule has 1 aliphatic heterocycles. The lowest BCUT2D eigenvalue weighted by Crippen LogP contribution is -2.41. The number of aliphatic imine (C=N–C) groups is 1. The van der Waals surface area contributed by atoms with Crippen LogP contribution in [-0.4, -0.2) is 40.5 Å². The molecule has 0 amide bonds. The fourth-order valence-electron chi connectivity index (χ4n) is 4.38. The second kappa shape index (κ2) is 7.58. The predicted octanol–water partition coefficient (Wildman–Crippen LogP) is 3.27. The number of imidazole rings is 1. The molecule has 1 aromatic rings. The zero-order chi connectivity index (χ0) is 17.0. The molecule has 2 fully saturated rings. The summed E-state index contributed by atoms with van der Waals surface area (Å²) in [4.78, 5) is 11.5. The summed E-state index contributed by atoms with van der Waals surface area (Å²) in [7, 11) is 1.90. The lowest BCUT2D eigenvalue weighted by Gasteiger charge is -2.33. The Morgan fingerprint density at radius 3 is 2.79 bits per heavy atom. The molecule has 3 rings (SSSR count). The van der Waals surface area contributed by atoms with E-state index in [9.17, 15) is 0 Å². The first kappa shape index (κ1) is 17.3. The van der Waals surface area contributed by atoms with Gasteiger partial charge in [-0.15, -0.1) is 0 Å². The van der Waals surface area contributed by atoms with E-state index in [-0.39, 0.29) is 0 Å². The average Bonchev–Trinajstić information content (AvgIpc) is 3.16. The number of nitrogens with one attached hydrogen (secondary N) is 1. The summed E-state index contributed by atoms with van der Waals surface area (Å²) in [6.07, 6.45) is 12.3. The highest BCUT2D eigenvalue weighted by molar-refractivity contribution is 5.80. The van der Waals surface area contributed by atoms with Gasteiger partial charge in [0.15, 0.2) is 5.96 Å². The molecule has 0 atom stereocenters. The van der Waals surface area contributed by atoms with E-state index in [4.69, 9.17) is 0 Å². The first-order chi connectivity index (χ1) is 11.6. The van der Waals surface area contributed by atoms with E-state index in [0.29, 0.717) is 11.3 Å². The van der Waals surface area contributed by atoms with Crippen LogP contribution in [0.15, 0.2) is 17.4 Å². The second-order valence-corrected chi connectivity index (χ2v) is 8.02. The Labute approximate surface area is 146 Å². The fraction of sp³-hybridized carbons (Fsp3) is 0.789. The molecule has 2 aliphatic rings. The molecule has 1 aromatic heterocycles. The summed E-state index contributed by atoms with van der Waals surface area (Å²) in [6.45, 7) is 8.56. The Hall–Kier alpha value is -1.52. The number of aromatic nitrogens is 2. The molecular formula is C19H33N5. The van der Waals surface area contributed by atoms with Gasteiger partial charge in [-0.05, 0) is 30.6 Å². The van der Waals surface area contributed by atoms with E-state index in [2.05, 4.69) is 44.8 Å². The third-order valence-corrected chi connectivity index (χ3v) is 5.63. The Bertz CT molecular complexity index is 554. The van der Waals surface area contributed by atoms with E-state index >= 15 is 0 Å². The van der Waals surface area contributed by atoms with Gasteiger partial charge in [-0.2, -0.15) is 0 Å². The van der Waals surface area contributed by atoms with Crippen LogP contribution in [0.25, 0.3) is 0 Å². The third kappa shape index (κ3) is 3.93. The summed E-state index contributed by atoms with van der Waals surface area (Å²) < 4.78 is 2.25. The number of hydrogen-bond acceptors (Lipinski definition) is 2. The number of rotatable bonds is 4. The maximum atomic E-state index is 4.53. The first-order valence-electron chi connectivity index (χ1n) is 9.57. The second-order valence-electron chi connectivity index (χ2n) is 8.02. The van der Waals surface area contributed by atoms with Gasteiger partial charge in [-0.3, -0.25) is 4.99 Å². The molecule has 1 saturated heterocycles. The molecule has 1 spiro atoms. The molecule has 0 bridgehead atoms. The van der Waals surface area contributed by atoms with E-state index in [1.807, 2.05) is 13.2 Å². The van der Waals surface area contributed by atoms with Crippen molar-refractivity contribution < 1.29 is 0 Å². The largest absolute Gasteiger partial charge is 0.349 e. The van der Waals surface area contributed by atoms with Crippen LogP contribution in [-0.2, 0) is 13.1 Å². The molecule has 0 unspecified atom stereocenters. The fourth-order valence-corrected chi connectivity index (χ4v) is 4.38. The molecule has 0 aromatic carbocycles. The molecule has 134 valence electrons. The maximum Gasteiger partial charge on any atom is 0.194 e. The van der Waals surface area contributed by atoms with Crippen LogP contribution in [0, 0.1) is 11.3 Å². The predicted molar refractivity (Wildman–Crippen MR) is 99.0 cm³/mol. The van der Waals surface area contributed by atoms with Crippen LogP contribution in [0.1, 0.15) is 58.2 Å². The Kier molecular flexibility index (Phi) is 5.47. The molecule has 0 radical (unpaired) electrons. The summed E-state index contributed by atoms with van der Waals surface area (Å²) in [5, 5.41) is 3.54. The van der Waals surface area contributed by atoms with Crippen molar-refractivity contribution >= 4 is 5.96 Å². The summed E-state index contributed by atoms with van der Waals surface area (Å²) in [5.41, 5.74) is 0.561. The van der Waals surface area contributed by atoms with Gasteiger partial charge in [0.05, 0.1) is 6.54 Å². The van der Waals surface area contributed by atoms with Gasteiger partial charge in [0.25, 0.3) is 0 Å². The van der Waals surface area contributed by atoms with Crippen LogP contribution in [0.2, 0.25) is 0 Å². The minimum absolute atomic E-state index is 0.561. The highest BCUT2D eigenvalue weighted by Crippen LogP contribution is 2.43. The standard InChI is InChI=1S/C19H33N5/c1-16(2)14-23-12-10-21-17(23)13-22-18(20-3)24-11-9-19(15-24)7-5-4-6-8-19/h10,12,16H,4-9,11,13-15H2,1-3H3,(H,20,22). The van der Waals surface area contributed by atoms with Gasteiger partial charge < -0.3 is 14.8 Å². The zero-order valence-corrected chi connectivity index (χ0v) is 15.6. The van der Waals surface area contributed by atoms with Gasteiger partial charge in [0.2, 0.25) is 0 Å². The van der Waals surface area contributed by atoms with Gasteiger partial charge in [0, 0.05) is 39.1 Å². The van der Waals surface area contributed by atoms with Crippen LogP contribution in [0.5, 0.6) is 0 Å². The van der Waals surface area contributed by atoms with E-state index in [1.165, 1.54) is 45.1 Å². The number of nitrogens with zero attached hydrogens (tertiary/aromatic N) is 4. The van der Waals surface area contributed by atoms with E-state index < -0.39 is 0 Å². The average molecular weight is 332 g/mol. The molecule has 1 N–H and O–H groups in total. The molecule has 5 heteroatoms. The van der Waals surface area contributed by atoms with Crippen LogP contribution in [0.3, 0.4) is 0 Å². The van der Waals surface area contributed by atoms with Crippen LogP contribution < -0.4 is 5.32 Å². The summed E-state index contributed by atoms with van der Waals surface area (Å²) in [6, 6.07) is 0. The van der Waals surface area contributed by atoms with Gasteiger partial charge >= 0.3 is 0 Å². The van der Waals surface area contributed by atoms with Crippen molar-refractivity contribution in [3.05, 3.63) is 18.2 Å². The lowest BCUT2D eigenvalue weighted by atomic mass is 9.73. The maximum absolute atomic E-state index is 4.53. The summed E-state index contributed by atoms with van der Waals surface area (Å²) in [5.74, 6) is 2.76. The molecule has 1 saturated carbocycles. The smallest absolute Gasteiger partial charge is 0.194 e. The first-order valence-corrected chi connectivity index (χ1v) is 9.57. The normalized spacial score (nSPS) is 21.0. The van der Waals surface area contributed by atoms with Crippen molar-refractivity contribution in [2.75, 3.05) is 20.1 Å². The van der Waals surface area contributed by atoms with Gasteiger partial charge in [-0.25, -0.2) is 4.98 Å². The highest BCUT2D eigenvalue weighted by Gasteiger charge is 2.39. The Morgan fingerprint density at radius 2 is 2.08 bits per heavy atom. The topological polar surface area (TPSA) is 45.5 Å². The highest BCUT2D eigenvalue weighted by atomic mass is 15.3. The minimum Gasteiger partial charge on any atom is -0.349 e. The van der Waals surface area contributed by atoms with Crippen molar-refractivity contribution in [2.24, 2.45) is 16.3 Å². The molecule has 1 aliphatic carbocycles. The van der Waals surface area contributed by atoms with Gasteiger partial charge in [-0.1, -0.05) is 33.1 Å². The van der Waals surface area contributed by atoms with Crippen molar-refractivity contribution in [3.8, 4) is 0 Å². The third-order valence-electron chi connectivity index (χ3n) is 5.63. The lowest BCUT2D eigenvalue weighted by molar-refractivity contribution is 0.203.